The molecule has 21 heavy (non-hydrogen) atoms. The third-order valence-electron chi connectivity index (χ3n) is 2.51. The molecule has 6 heteroatoms. The summed E-state index contributed by atoms with van der Waals surface area (Å²) in [7, 11) is 1.63. The molecule has 0 aliphatic carbocycles. The second-order valence-corrected chi connectivity index (χ2v) is 4.16. The van der Waals surface area contributed by atoms with Crippen molar-refractivity contribution in [2.24, 2.45) is 0 Å². The molecule has 0 amide bonds. The Hall–Kier alpha value is -1.63. The van der Waals surface area contributed by atoms with E-state index in [-0.39, 0.29) is 19.1 Å². The minimum Gasteiger partial charge on any atom is -0.462 e. The number of hydrogen-bond donors (Lipinski definition) is 1. The highest BCUT2D eigenvalue weighted by Crippen LogP contribution is 2.03. The number of benzene rings is 1. The number of methoxy groups -OCH3 is 1. The minimum absolute atomic E-state index is 0.143. The number of esters is 1. The number of carbonyl (C=O) groups excluding carboxylic acids is 1. The van der Waals surface area contributed by atoms with Crippen LogP contribution in [0.1, 0.15) is 0 Å². The molecule has 6 nitrogen and oxygen atoms in total. The maximum absolute atomic E-state index is 11.4. The molecule has 0 atom stereocenters. The zero-order chi connectivity index (χ0) is 15.2. The molecule has 0 fully saturated rings. The maximum Gasteiger partial charge on any atom is 0.325 e. The van der Waals surface area contributed by atoms with E-state index in [4.69, 9.17) is 18.9 Å². The van der Waals surface area contributed by atoms with Gasteiger partial charge in [0.2, 0.25) is 0 Å². The summed E-state index contributed by atoms with van der Waals surface area (Å²) in [4.78, 5) is 11.4. The highest BCUT2D eigenvalue weighted by molar-refractivity contribution is 5.74. The molecule has 0 aliphatic rings. The van der Waals surface area contributed by atoms with Crippen LogP contribution in [-0.4, -0.2) is 59.3 Å². The molecule has 0 aromatic heterocycles. The lowest BCUT2D eigenvalue weighted by Crippen LogP contribution is -2.19. The van der Waals surface area contributed by atoms with Gasteiger partial charge in [-0.3, -0.25) is 4.79 Å². The molecule has 0 bridgehead atoms. The van der Waals surface area contributed by atoms with Crippen molar-refractivity contribution in [2.45, 2.75) is 0 Å². The summed E-state index contributed by atoms with van der Waals surface area (Å²) in [6.45, 7) is 2.87. The Balaban J connectivity index is 1.89. The molecule has 1 aromatic rings. The fraction of sp³-hybridized carbons (Fsp3) is 0.533. The first kappa shape index (κ1) is 17.4. The van der Waals surface area contributed by atoms with Crippen LogP contribution >= 0.6 is 0 Å². The zero-order valence-electron chi connectivity index (χ0n) is 12.4. The van der Waals surface area contributed by atoms with Gasteiger partial charge in [-0.05, 0) is 12.1 Å². The second-order valence-electron chi connectivity index (χ2n) is 4.16. The molecule has 0 heterocycles. The summed E-state index contributed by atoms with van der Waals surface area (Å²) in [5, 5.41) is 2.98. The summed E-state index contributed by atoms with van der Waals surface area (Å²) < 4.78 is 20.3. The Morgan fingerprint density at radius 3 is 2.24 bits per heavy atom. The topological polar surface area (TPSA) is 66.0 Å². The van der Waals surface area contributed by atoms with E-state index in [1.54, 1.807) is 7.11 Å². The van der Waals surface area contributed by atoms with Crippen LogP contribution < -0.4 is 5.32 Å². The van der Waals surface area contributed by atoms with Crippen LogP contribution in [0.25, 0.3) is 0 Å². The van der Waals surface area contributed by atoms with E-state index in [0.29, 0.717) is 33.0 Å². The monoisotopic (exact) mass is 297 g/mol. The predicted molar refractivity (Wildman–Crippen MR) is 79.4 cm³/mol. The van der Waals surface area contributed by atoms with Gasteiger partial charge < -0.3 is 24.3 Å². The molecule has 0 radical (unpaired) electrons. The van der Waals surface area contributed by atoms with Gasteiger partial charge in [0.25, 0.3) is 0 Å². The molecule has 1 N–H and O–H groups in total. The average Bonchev–Trinajstić information content (AvgIpc) is 2.52. The van der Waals surface area contributed by atoms with Crippen LogP contribution in [0.5, 0.6) is 0 Å². The second kappa shape index (κ2) is 12.1. The lowest BCUT2D eigenvalue weighted by Gasteiger charge is -2.08. The molecule has 0 aliphatic heterocycles. The highest BCUT2D eigenvalue weighted by atomic mass is 16.6. The fourth-order valence-corrected chi connectivity index (χ4v) is 1.46. The van der Waals surface area contributed by atoms with Gasteiger partial charge in [0.1, 0.15) is 13.2 Å². The molecule has 0 saturated carbocycles. The highest BCUT2D eigenvalue weighted by Gasteiger charge is 2.02. The lowest BCUT2D eigenvalue weighted by molar-refractivity contribution is -0.143. The van der Waals surface area contributed by atoms with Gasteiger partial charge in [0.05, 0.1) is 33.0 Å². The van der Waals surface area contributed by atoms with Gasteiger partial charge in [0, 0.05) is 12.8 Å². The summed E-state index contributed by atoms with van der Waals surface area (Å²) in [5.41, 5.74) is 0.888. The Morgan fingerprint density at radius 1 is 0.952 bits per heavy atom. The van der Waals surface area contributed by atoms with Crippen LogP contribution in [0.4, 0.5) is 5.69 Å². The van der Waals surface area contributed by atoms with Crippen molar-refractivity contribution in [3.63, 3.8) is 0 Å². The summed E-state index contributed by atoms with van der Waals surface area (Å²) >= 11 is 0. The van der Waals surface area contributed by atoms with Crippen molar-refractivity contribution in [3.8, 4) is 0 Å². The SMILES string of the molecule is COCCOCCOCCOC(=O)CNc1ccccc1. The smallest absolute Gasteiger partial charge is 0.325 e. The number of anilines is 1. The van der Waals surface area contributed by atoms with Gasteiger partial charge in [-0.15, -0.1) is 0 Å². The summed E-state index contributed by atoms with van der Waals surface area (Å²) in [6.07, 6.45) is 0. The molecular weight excluding hydrogens is 274 g/mol. The van der Waals surface area contributed by atoms with E-state index in [1.807, 2.05) is 30.3 Å². The normalized spacial score (nSPS) is 10.3. The van der Waals surface area contributed by atoms with E-state index in [1.165, 1.54) is 0 Å². The van der Waals surface area contributed by atoms with E-state index in [0.717, 1.165) is 5.69 Å². The Bertz CT molecular complexity index is 372. The van der Waals surface area contributed by atoms with Gasteiger partial charge in [-0.1, -0.05) is 18.2 Å². The van der Waals surface area contributed by atoms with Gasteiger partial charge in [-0.2, -0.15) is 0 Å². The standard InChI is InChI=1S/C15H23NO5/c1-18-7-8-19-9-10-20-11-12-21-15(17)13-16-14-5-3-2-4-6-14/h2-6,16H,7-13H2,1H3. The van der Waals surface area contributed by atoms with E-state index in [9.17, 15) is 4.79 Å². The third kappa shape index (κ3) is 9.84. The van der Waals surface area contributed by atoms with Crippen molar-refractivity contribution in [1.29, 1.82) is 0 Å². The Morgan fingerprint density at radius 2 is 1.57 bits per heavy atom. The van der Waals surface area contributed by atoms with Crippen LogP contribution in [-0.2, 0) is 23.7 Å². The van der Waals surface area contributed by atoms with Crippen LogP contribution in [0.2, 0.25) is 0 Å². The zero-order valence-corrected chi connectivity index (χ0v) is 12.4. The van der Waals surface area contributed by atoms with Crippen molar-refractivity contribution >= 4 is 11.7 Å². The maximum atomic E-state index is 11.4. The number of hydrogen-bond acceptors (Lipinski definition) is 6. The minimum atomic E-state index is -0.307. The number of para-hydroxylation sites is 1. The third-order valence-corrected chi connectivity index (χ3v) is 2.51. The number of ether oxygens (including phenoxy) is 4. The fourth-order valence-electron chi connectivity index (χ4n) is 1.46. The van der Waals surface area contributed by atoms with Crippen LogP contribution in [0.3, 0.4) is 0 Å². The molecule has 0 spiro atoms. The van der Waals surface area contributed by atoms with E-state index >= 15 is 0 Å². The van der Waals surface area contributed by atoms with Crippen molar-refractivity contribution in [1.82, 2.24) is 0 Å². The molecule has 0 unspecified atom stereocenters. The average molecular weight is 297 g/mol. The first-order chi connectivity index (χ1) is 10.3. The van der Waals surface area contributed by atoms with Gasteiger partial charge in [-0.25, -0.2) is 0 Å². The molecular formula is C15H23NO5. The van der Waals surface area contributed by atoms with Crippen LogP contribution in [0.15, 0.2) is 30.3 Å². The first-order valence-corrected chi connectivity index (χ1v) is 6.92. The quantitative estimate of drug-likeness (QED) is 0.464. The summed E-state index contributed by atoms with van der Waals surface area (Å²) in [6, 6.07) is 9.49. The molecule has 0 saturated heterocycles. The molecule has 1 rings (SSSR count). The van der Waals surface area contributed by atoms with Crippen molar-refractivity contribution < 1.29 is 23.7 Å². The van der Waals surface area contributed by atoms with E-state index < -0.39 is 0 Å². The summed E-state index contributed by atoms with van der Waals surface area (Å²) in [5.74, 6) is -0.307. The van der Waals surface area contributed by atoms with Gasteiger partial charge >= 0.3 is 5.97 Å². The van der Waals surface area contributed by atoms with Crippen LogP contribution in [0, 0.1) is 0 Å². The Labute approximate surface area is 125 Å². The first-order valence-electron chi connectivity index (χ1n) is 6.92. The largest absolute Gasteiger partial charge is 0.462 e. The van der Waals surface area contributed by atoms with Gasteiger partial charge in [0.15, 0.2) is 0 Å². The number of carbonyl (C=O) groups is 1. The number of rotatable bonds is 12. The van der Waals surface area contributed by atoms with E-state index in [2.05, 4.69) is 5.32 Å². The van der Waals surface area contributed by atoms with Crippen molar-refractivity contribution in [3.05, 3.63) is 30.3 Å². The van der Waals surface area contributed by atoms with Crippen molar-refractivity contribution in [2.75, 3.05) is 58.6 Å². The molecule has 118 valence electrons. The Kier molecular flexibility index (Phi) is 10.1. The molecule has 1 aromatic carbocycles. The predicted octanol–water partition coefficient (Wildman–Crippen LogP) is 1.32. The number of nitrogens with one attached hydrogen (secondary N) is 1. The lowest BCUT2D eigenvalue weighted by atomic mass is 10.3.